The van der Waals surface area contributed by atoms with Crippen molar-refractivity contribution in [1.82, 2.24) is 0 Å². The van der Waals surface area contributed by atoms with Crippen LogP contribution in [0.25, 0.3) is 0 Å². The van der Waals surface area contributed by atoms with Crippen molar-refractivity contribution in [2.45, 2.75) is 32.1 Å². The van der Waals surface area contributed by atoms with Gasteiger partial charge in [-0.25, -0.2) is 0 Å². The summed E-state index contributed by atoms with van der Waals surface area (Å²) in [5.74, 6) is 4.94. The molecule has 0 aromatic heterocycles. The van der Waals surface area contributed by atoms with E-state index in [-0.39, 0.29) is 0 Å². The Labute approximate surface area is 105 Å². The molecule has 0 saturated carbocycles. The average Bonchev–Trinajstić information content (AvgIpc) is 2.59. The van der Waals surface area contributed by atoms with Crippen molar-refractivity contribution >= 4 is 35.0 Å². The predicted molar refractivity (Wildman–Crippen MR) is 72.0 cm³/mol. The lowest BCUT2D eigenvalue weighted by Gasteiger charge is -2.08. The maximum atomic E-state index is 10.7. The van der Waals surface area contributed by atoms with E-state index >= 15 is 0 Å². The Hall–Kier alpha value is -0.160. The molecule has 5 heteroatoms. The van der Waals surface area contributed by atoms with Gasteiger partial charge in [0.15, 0.2) is 0 Å². The van der Waals surface area contributed by atoms with Gasteiger partial charge < -0.3 is 5.21 Å². The first-order valence-corrected chi connectivity index (χ1v) is 8.01. The Kier molecular flexibility index (Phi) is 7.76. The van der Waals surface area contributed by atoms with Gasteiger partial charge in [-0.05, 0) is 36.5 Å². The summed E-state index contributed by atoms with van der Waals surface area (Å²) in [6.45, 7) is 0. The fraction of sp³-hybridized carbons (Fsp3) is 0.818. The van der Waals surface area contributed by atoms with Gasteiger partial charge in [-0.3, -0.25) is 4.79 Å². The van der Waals surface area contributed by atoms with Crippen LogP contribution < -0.4 is 0 Å². The van der Waals surface area contributed by atoms with Crippen molar-refractivity contribution in [3.63, 3.8) is 0 Å². The van der Waals surface area contributed by atoms with Crippen LogP contribution in [0.3, 0.4) is 0 Å². The number of rotatable bonds is 0. The third-order valence-corrected chi connectivity index (χ3v) is 4.54. The second-order valence-electron chi connectivity index (χ2n) is 3.78. The molecule has 2 aliphatic rings. The van der Waals surface area contributed by atoms with Gasteiger partial charge >= 0.3 is 0 Å². The van der Waals surface area contributed by atoms with Crippen LogP contribution in [-0.2, 0) is 4.79 Å². The Morgan fingerprint density at radius 3 is 2.19 bits per heavy atom. The van der Waals surface area contributed by atoms with Gasteiger partial charge in [0.2, 0.25) is 0 Å². The molecule has 2 saturated heterocycles. The van der Waals surface area contributed by atoms with Crippen LogP contribution >= 0.6 is 23.5 Å². The minimum absolute atomic E-state index is 0.454. The molecule has 2 fully saturated rings. The highest BCUT2D eigenvalue weighted by atomic mass is 32.2. The number of hydrogen-bond donors (Lipinski definition) is 1. The van der Waals surface area contributed by atoms with Crippen molar-refractivity contribution in [1.29, 1.82) is 0 Å². The van der Waals surface area contributed by atoms with Gasteiger partial charge in [0.25, 0.3) is 0 Å². The summed E-state index contributed by atoms with van der Waals surface area (Å²) < 4.78 is 0. The molecule has 0 aromatic carbocycles. The van der Waals surface area contributed by atoms with Crippen LogP contribution in [0.1, 0.15) is 32.1 Å². The summed E-state index contributed by atoms with van der Waals surface area (Å²) in [7, 11) is 0. The van der Waals surface area contributed by atoms with E-state index in [0.717, 1.165) is 55.1 Å². The third-order valence-electron chi connectivity index (χ3n) is 2.48. The number of carbonyl (C=O) groups is 1. The molecule has 2 aliphatic heterocycles. The lowest BCUT2D eigenvalue weighted by molar-refractivity contribution is -0.118. The minimum Gasteiger partial charge on any atom is -0.411 e. The summed E-state index contributed by atoms with van der Waals surface area (Å²) >= 11 is 3.82. The van der Waals surface area contributed by atoms with E-state index in [4.69, 9.17) is 5.21 Å². The van der Waals surface area contributed by atoms with Crippen molar-refractivity contribution in [2.24, 2.45) is 5.16 Å². The van der Waals surface area contributed by atoms with Crippen molar-refractivity contribution in [3.05, 3.63) is 0 Å². The van der Waals surface area contributed by atoms with Gasteiger partial charge in [-0.15, -0.1) is 0 Å². The summed E-state index contributed by atoms with van der Waals surface area (Å²) in [6, 6.07) is 0. The van der Waals surface area contributed by atoms with E-state index < -0.39 is 0 Å². The molecule has 0 unspecified atom stereocenters. The van der Waals surface area contributed by atoms with Gasteiger partial charge in [0.1, 0.15) is 5.78 Å². The molecule has 0 radical (unpaired) electrons. The second-order valence-corrected chi connectivity index (χ2v) is 6.23. The van der Waals surface area contributed by atoms with Crippen LogP contribution in [0.5, 0.6) is 0 Å². The van der Waals surface area contributed by atoms with Gasteiger partial charge in [-0.2, -0.15) is 23.5 Å². The van der Waals surface area contributed by atoms with Gasteiger partial charge in [-0.1, -0.05) is 5.16 Å². The zero-order valence-corrected chi connectivity index (χ0v) is 11.1. The van der Waals surface area contributed by atoms with E-state index in [9.17, 15) is 4.79 Å². The van der Waals surface area contributed by atoms with Crippen molar-refractivity contribution < 1.29 is 10.0 Å². The monoisotopic (exact) mass is 261 g/mol. The first-order valence-electron chi connectivity index (χ1n) is 5.70. The molecule has 92 valence electrons. The summed E-state index contributed by atoms with van der Waals surface area (Å²) in [6.07, 6.45) is 4.68. The van der Waals surface area contributed by atoms with Crippen molar-refractivity contribution in [3.8, 4) is 0 Å². The van der Waals surface area contributed by atoms with Crippen LogP contribution in [0.15, 0.2) is 5.16 Å². The molecular formula is C11H19NO2S2. The first kappa shape index (κ1) is 13.9. The Bertz CT molecular complexity index is 226. The maximum absolute atomic E-state index is 10.7. The molecule has 0 bridgehead atoms. The van der Waals surface area contributed by atoms with Crippen LogP contribution in [0, 0.1) is 0 Å². The summed E-state index contributed by atoms with van der Waals surface area (Å²) in [5.41, 5.74) is 0.962. The maximum Gasteiger partial charge on any atom is 0.133 e. The number of oxime groups is 1. The summed E-state index contributed by atoms with van der Waals surface area (Å²) in [5, 5.41) is 11.4. The molecule has 2 rings (SSSR count). The highest BCUT2D eigenvalue weighted by Crippen LogP contribution is 2.14. The van der Waals surface area contributed by atoms with E-state index in [0.29, 0.717) is 5.78 Å². The minimum atomic E-state index is 0.454. The molecule has 0 amide bonds. The first-order chi connectivity index (χ1) is 7.83. The molecular weight excluding hydrogens is 242 g/mol. The highest BCUT2D eigenvalue weighted by molar-refractivity contribution is 7.99. The molecule has 16 heavy (non-hydrogen) atoms. The lowest BCUT2D eigenvalue weighted by atomic mass is 10.2. The van der Waals surface area contributed by atoms with Crippen LogP contribution in [0.2, 0.25) is 0 Å². The number of thioether (sulfide) groups is 2. The molecule has 1 N–H and O–H groups in total. The number of ketones is 1. The fourth-order valence-electron chi connectivity index (χ4n) is 1.49. The number of hydrogen-bond acceptors (Lipinski definition) is 5. The quantitative estimate of drug-likeness (QED) is 0.538. The SMILES string of the molecule is O=C1CCCSCC1.ON=C1CCSCC1. The average molecular weight is 261 g/mol. The fourth-order valence-corrected chi connectivity index (χ4v) is 3.38. The van der Waals surface area contributed by atoms with E-state index in [1.807, 2.05) is 23.5 Å². The molecule has 0 atom stereocenters. The lowest BCUT2D eigenvalue weighted by Crippen LogP contribution is -2.07. The zero-order chi connectivity index (χ0) is 11.6. The van der Waals surface area contributed by atoms with Crippen LogP contribution in [0.4, 0.5) is 0 Å². The molecule has 0 aliphatic carbocycles. The Morgan fingerprint density at radius 2 is 1.56 bits per heavy atom. The number of nitrogens with zero attached hydrogens (tertiary/aromatic N) is 1. The number of carbonyl (C=O) groups excluding carboxylic acids is 1. The Balaban J connectivity index is 0.000000160. The van der Waals surface area contributed by atoms with Gasteiger partial charge in [0.05, 0.1) is 5.71 Å². The van der Waals surface area contributed by atoms with Crippen LogP contribution in [-0.4, -0.2) is 39.7 Å². The topological polar surface area (TPSA) is 49.7 Å². The third kappa shape index (κ3) is 6.43. The standard InChI is InChI=1S/C6H10OS.C5H9NOS/c7-6-2-1-4-8-5-3-6;7-6-5-1-3-8-4-2-5/h1-5H2;7H,1-4H2. The predicted octanol–water partition coefficient (Wildman–Crippen LogP) is 2.82. The molecule has 2 heterocycles. The van der Waals surface area contributed by atoms with E-state index in [1.54, 1.807) is 0 Å². The van der Waals surface area contributed by atoms with E-state index in [2.05, 4.69) is 5.16 Å². The van der Waals surface area contributed by atoms with Crippen molar-refractivity contribution in [2.75, 3.05) is 23.0 Å². The smallest absolute Gasteiger partial charge is 0.133 e. The van der Waals surface area contributed by atoms with Gasteiger partial charge in [0, 0.05) is 18.6 Å². The normalized spacial score (nSPS) is 21.8. The number of Topliss-reactive ketones (excluding diaryl/α,β-unsaturated/α-hetero) is 1. The molecule has 3 nitrogen and oxygen atoms in total. The Morgan fingerprint density at radius 1 is 0.938 bits per heavy atom. The van der Waals surface area contributed by atoms with E-state index in [1.165, 1.54) is 5.75 Å². The highest BCUT2D eigenvalue weighted by Gasteiger charge is 2.06. The summed E-state index contributed by atoms with van der Waals surface area (Å²) in [4.78, 5) is 10.7. The largest absolute Gasteiger partial charge is 0.411 e. The molecule has 0 aromatic rings. The molecule has 0 spiro atoms. The second kappa shape index (κ2) is 8.93. The zero-order valence-electron chi connectivity index (χ0n) is 9.48.